The van der Waals surface area contributed by atoms with Crippen LogP contribution in [-0.2, 0) is 16.0 Å². The molecule has 1 aliphatic heterocycles. The first-order valence-electron chi connectivity index (χ1n) is 10.5. The molecular weight excluding hydrogens is 392 g/mol. The molecule has 0 saturated heterocycles. The molecule has 4 nitrogen and oxygen atoms in total. The fraction of sp³-hybridized carbons (Fsp3) is 0.360. The molecule has 0 N–H and O–H groups in total. The Hall–Kier alpha value is -2.37. The number of hydrogen-bond acceptors (Lipinski definition) is 3. The van der Waals surface area contributed by atoms with Crippen LogP contribution in [0.3, 0.4) is 0 Å². The van der Waals surface area contributed by atoms with Gasteiger partial charge in [0.05, 0.1) is 5.69 Å². The number of benzene rings is 2. The van der Waals surface area contributed by atoms with Gasteiger partial charge in [0.15, 0.2) is 4.90 Å². The second-order valence-electron chi connectivity index (χ2n) is 7.74. The van der Waals surface area contributed by atoms with E-state index in [0.29, 0.717) is 6.42 Å². The van der Waals surface area contributed by atoms with E-state index in [1.54, 1.807) is 6.26 Å². The fourth-order valence-corrected chi connectivity index (χ4v) is 4.26. The minimum atomic E-state index is -0.984. The molecule has 0 bridgehead atoms. The van der Waals surface area contributed by atoms with Crippen molar-refractivity contribution in [2.45, 2.75) is 44.9 Å². The van der Waals surface area contributed by atoms with E-state index >= 15 is 0 Å². The topological polar surface area (TPSA) is 55.7 Å². The molecule has 30 heavy (non-hydrogen) atoms. The standard InChI is InChI=1S/C25H30N2O2S/c1-5-13-27(14-6-2)25(28)22-15-18(3)26-24-17-20(7-8-21(24)16-22)19-9-11-23(12-10-19)30(4)29/h7-12,16-17H,5-6,13-15H2,1-4H3. The minimum absolute atomic E-state index is 0.119. The van der Waals surface area contributed by atoms with Crippen LogP contribution in [0.15, 0.2) is 57.9 Å². The second kappa shape index (κ2) is 10.1. The van der Waals surface area contributed by atoms with Crippen LogP contribution in [0.25, 0.3) is 17.2 Å². The number of carbonyl (C=O) groups excluding carboxylic acids is 1. The lowest BCUT2D eigenvalue weighted by Gasteiger charge is -2.22. The van der Waals surface area contributed by atoms with Crippen molar-refractivity contribution in [1.29, 1.82) is 0 Å². The molecule has 3 rings (SSSR count). The highest BCUT2D eigenvalue weighted by atomic mass is 32.2. The van der Waals surface area contributed by atoms with Gasteiger partial charge in [-0.2, -0.15) is 0 Å². The second-order valence-corrected chi connectivity index (χ2v) is 9.12. The number of carbonyl (C=O) groups is 1. The Balaban J connectivity index is 1.94. The molecule has 0 saturated carbocycles. The van der Waals surface area contributed by atoms with Crippen LogP contribution in [0, 0.1) is 0 Å². The lowest BCUT2D eigenvalue weighted by atomic mass is 10.0. The van der Waals surface area contributed by atoms with Crippen molar-refractivity contribution in [2.75, 3.05) is 19.3 Å². The van der Waals surface area contributed by atoms with Gasteiger partial charge in [-0.15, -0.1) is 0 Å². The van der Waals surface area contributed by atoms with E-state index < -0.39 is 11.2 Å². The van der Waals surface area contributed by atoms with Gasteiger partial charge in [-0.3, -0.25) is 9.79 Å². The van der Waals surface area contributed by atoms with Crippen molar-refractivity contribution in [1.82, 2.24) is 4.90 Å². The predicted molar refractivity (Wildman–Crippen MR) is 127 cm³/mol. The number of aliphatic imine (C=N–C) groups is 1. The summed E-state index contributed by atoms with van der Waals surface area (Å²) in [5.74, 6) is 0.119. The number of hydrogen-bond donors (Lipinski definition) is 0. The summed E-state index contributed by atoms with van der Waals surface area (Å²) in [4.78, 5) is 20.7. The molecule has 1 heterocycles. The highest BCUT2D eigenvalue weighted by molar-refractivity contribution is 7.90. The first-order valence-corrected chi connectivity index (χ1v) is 12.1. The first kappa shape index (κ1) is 22.3. The van der Waals surface area contributed by atoms with Crippen molar-refractivity contribution in [3.63, 3.8) is 0 Å². The summed E-state index contributed by atoms with van der Waals surface area (Å²) in [5.41, 5.74) is 5.71. The fourth-order valence-electron chi connectivity index (χ4n) is 3.74. The van der Waals surface area contributed by atoms with Gasteiger partial charge in [0.1, 0.15) is 6.26 Å². The van der Waals surface area contributed by atoms with Gasteiger partial charge in [0.2, 0.25) is 5.91 Å². The van der Waals surface area contributed by atoms with Gasteiger partial charge in [0.25, 0.3) is 0 Å². The van der Waals surface area contributed by atoms with Crippen LogP contribution in [0.2, 0.25) is 0 Å². The smallest absolute Gasteiger partial charge is 0.250 e. The maximum Gasteiger partial charge on any atom is 0.250 e. The quantitative estimate of drug-likeness (QED) is 0.544. The van der Waals surface area contributed by atoms with Crippen molar-refractivity contribution in [3.8, 4) is 11.1 Å². The third-order valence-electron chi connectivity index (χ3n) is 5.19. The van der Waals surface area contributed by atoms with E-state index in [4.69, 9.17) is 4.99 Å². The molecule has 0 aromatic heterocycles. The van der Waals surface area contributed by atoms with Crippen molar-refractivity contribution in [3.05, 3.63) is 53.6 Å². The van der Waals surface area contributed by atoms with Gasteiger partial charge >= 0.3 is 0 Å². The largest absolute Gasteiger partial charge is 0.612 e. The Bertz CT molecular complexity index is 956. The van der Waals surface area contributed by atoms with Gasteiger partial charge in [-0.1, -0.05) is 26.0 Å². The highest BCUT2D eigenvalue weighted by Crippen LogP contribution is 2.33. The summed E-state index contributed by atoms with van der Waals surface area (Å²) in [6.07, 6.45) is 6.17. The van der Waals surface area contributed by atoms with Crippen molar-refractivity contribution >= 4 is 34.6 Å². The maximum atomic E-state index is 13.1. The zero-order valence-electron chi connectivity index (χ0n) is 18.3. The lowest BCUT2D eigenvalue weighted by molar-refractivity contribution is -0.127. The number of nitrogens with zero attached hydrogens (tertiary/aromatic N) is 2. The monoisotopic (exact) mass is 422 g/mol. The molecule has 158 valence electrons. The molecule has 5 heteroatoms. The highest BCUT2D eigenvalue weighted by Gasteiger charge is 2.20. The Morgan fingerprint density at radius 2 is 1.70 bits per heavy atom. The molecule has 1 aliphatic rings. The van der Waals surface area contributed by atoms with Gasteiger partial charge in [-0.05, 0) is 78.5 Å². The molecule has 0 aliphatic carbocycles. The summed E-state index contributed by atoms with van der Waals surface area (Å²) in [5, 5.41) is 0. The van der Waals surface area contributed by atoms with Crippen LogP contribution < -0.4 is 0 Å². The molecule has 1 amide bonds. The number of amides is 1. The van der Waals surface area contributed by atoms with Gasteiger partial charge < -0.3 is 9.45 Å². The average molecular weight is 423 g/mol. The Kier molecular flexibility index (Phi) is 7.51. The minimum Gasteiger partial charge on any atom is -0.612 e. The Labute approximate surface area is 182 Å². The number of fused-ring (bicyclic) bond motifs is 1. The van der Waals surface area contributed by atoms with Crippen molar-refractivity contribution < 1.29 is 9.35 Å². The van der Waals surface area contributed by atoms with E-state index in [0.717, 1.165) is 64.5 Å². The zero-order valence-corrected chi connectivity index (χ0v) is 19.1. The third kappa shape index (κ3) is 5.21. The van der Waals surface area contributed by atoms with E-state index in [1.165, 1.54) is 0 Å². The molecular formula is C25H30N2O2S. The average Bonchev–Trinajstić information content (AvgIpc) is 2.90. The van der Waals surface area contributed by atoms with Gasteiger partial charge in [0, 0.05) is 36.4 Å². The van der Waals surface area contributed by atoms with E-state index in [9.17, 15) is 9.35 Å². The summed E-state index contributed by atoms with van der Waals surface area (Å²) in [7, 11) is 0. The molecule has 1 atom stereocenters. The molecule has 2 aromatic rings. The normalized spacial score (nSPS) is 14.3. The Morgan fingerprint density at radius 3 is 2.30 bits per heavy atom. The molecule has 0 spiro atoms. The molecule has 0 fully saturated rings. The maximum absolute atomic E-state index is 13.1. The van der Waals surface area contributed by atoms with Crippen LogP contribution in [0.1, 0.15) is 45.6 Å². The number of rotatable bonds is 7. The van der Waals surface area contributed by atoms with Crippen molar-refractivity contribution in [2.24, 2.45) is 4.99 Å². The molecule has 0 radical (unpaired) electrons. The summed E-state index contributed by atoms with van der Waals surface area (Å²) in [6, 6.07) is 13.9. The van der Waals surface area contributed by atoms with E-state index in [2.05, 4.69) is 26.0 Å². The Morgan fingerprint density at radius 1 is 1.07 bits per heavy atom. The predicted octanol–water partition coefficient (Wildman–Crippen LogP) is 5.62. The zero-order chi connectivity index (χ0) is 21.7. The molecule has 1 unspecified atom stereocenters. The van der Waals surface area contributed by atoms with E-state index in [1.807, 2.05) is 48.2 Å². The third-order valence-corrected chi connectivity index (χ3v) is 6.12. The lowest BCUT2D eigenvalue weighted by Crippen LogP contribution is -2.33. The van der Waals surface area contributed by atoms with Gasteiger partial charge in [-0.25, -0.2) is 0 Å². The summed E-state index contributed by atoms with van der Waals surface area (Å²) in [6.45, 7) is 7.75. The van der Waals surface area contributed by atoms with E-state index in [-0.39, 0.29) is 5.91 Å². The van der Waals surface area contributed by atoms with Crippen LogP contribution in [0.5, 0.6) is 0 Å². The first-order chi connectivity index (χ1) is 14.4. The SMILES string of the molecule is CCCN(CCC)C(=O)C1=Cc2ccc(-c3ccc([S+](C)[O-])cc3)cc2N=C(C)C1. The molecule has 2 aromatic carbocycles. The summed E-state index contributed by atoms with van der Waals surface area (Å²) < 4.78 is 11.6. The van der Waals surface area contributed by atoms with Crippen LogP contribution in [0.4, 0.5) is 5.69 Å². The van der Waals surface area contributed by atoms with Crippen LogP contribution >= 0.6 is 0 Å². The van der Waals surface area contributed by atoms with Crippen LogP contribution in [-0.4, -0.2) is 40.4 Å². The summed E-state index contributed by atoms with van der Waals surface area (Å²) >= 11 is -0.984.